The molecule has 1 aromatic heterocycles. The number of hydrogen-bond donors (Lipinski definition) is 1. The lowest BCUT2D eigenvalue weighted by molar-refractivity contribution is -0.144. The number of carbonyl (C=O) groups is 2. The summed E-state index contributed by atoms with van der Waals surface area (Å²) in [7, 11) is 0. The number of carboxylic acid groups (broad SMARTS) is 1. The molecule has 6 heteroatoms. The Hall–Kier alpha value is -2.21. The average Bonchev–Trinajstić information content (AvgIpc) is 3.06. The van der Waals surface area contributed by atoms with E-state index < -0.39 is 11.9 Å². The maximum absolute atomic E-state index is 12.9. The number of likely N-dealkylation sites (tertiary alicyclic amines) is 1. The van der Waals surface area contributed by atoms with Crippen LogP contribution in [-0.2, 0) is 9.59 Å². The van der Waals surface area contributed by atoms with Gasteiger partial charge in [-0.15, -0.1) is 11.3 Å². The third-order valence-electron chi connectivity index (χ3n) is 4.62. The van der Waals surface area contributed by atoms with Crippen molar-refractivity contribution in [3.63, 3.8) is 0 Å². The Morgan fingerprint density at radius 3 is 2.72 bits per heavy atom. The van der Waals surface area contributed by atoms with Crippen molar-refractivity contribution in [2.75, 3.05) is 6.54 Å². The summed E-state index contributed by atoms with van der Waals surface area (Å²) in [6.07, 6.45) is 2.89. The second-order valence-corrected chi connectivity index (χ2v) is 7.32. The van der Waals surface area contributed by atoms with Gasteiger partial charge in [-0.3, -0.25) is 9.59 Å². The fraction of sp³-hybridized carbons (Fsp3) is 0.421. The van der Waals surface area contributed by atoms with Crippen molar-refractivity contribution in [3.8, 4) is 0 Å². The first-order valence-corrected chi connectivity index (χ1v) is 9.43. The smallest absolute Gasteiger partial charge is 0.311 e. The highest BCUT2D eigenvalue weighted by Gasteiger charge is 2.33. The predicted molar refractivity (Wildman–Crippen MR) is 96.6 cm³/mol. The first-order valence-electron chi connectivity index (χ1n) is 8.55. The van der Waals surface area contributed by atoms with Gasteiger partial charge in [-0.2, -0.15) is 0 Å². The van der Waals surface area contributed by atoms with Gasteiger partial charge in [0.15, 0.2) is 0 Å². The van der Waals surface area contributed by atoms with Gasteiger partial charge in [0.2, 0.25) is 5.91 Å². The van der Waals surface area contributed by atoms with E-state index in [1.54, 1.807) is 35.6 Å². The summed E-state index contributed by atoms with van der Waals surface area (Å²) in [5, 5.41) is 12.5. The lowest BCUT2D eigenvalue weighted by Gasteiger charge is -2.35. The number of thiazole rings is 1. The molecule has 1 saturated heterocycles. The molecule has 0 aliphatic carbocycles. The topological polar surface area (TPSA) is 70.5 Å². The molecular formula is C19H22N2O3S. The van der Waals surface area contributed by atoms with E-state index in [1.807, 2.05) is 23.3 Å². The Kier molecular flexibility index (Phi) is 5.48. The van der Waals surface area contributed by atoms with Gasteiger partial charge in [-0.25, -0.2) is 4.98 Å². The summed E-state index contributed by atoms with van der Waals surface area (Å²) in [5.74, 6) is -1.87. The third kappa shape index (κ3) is 4.07. The molecule has 0 bridgehead atoms. The standard InChI is InChI=1S/C19H22N2O3S/c1-13-12-25-18(20-13)16-9-5-6-10-21(16)17(22)11-15(19(23)24)14-7-3-2-4-8-14/h2-4,7-8,12,15-16H,5-6,9-11H2,1H3,(H,23,24). The fourth-order valence-corrected chi connectivity index (χ4v) is 4.28. The van der Waals surface area contributed by atoms with Crippen LogP contribution >= 0.6 is 11.3 Å². The van der Waals surface area contributed by atoms with E-state index >= 15 is 0 Å². The Labute approximate surface area is 151 Å². The van der Waals surface area contributed by atoms with Crippen molar-refractivity contribution in [2.24, 2.45) is 0 Å². The van der Waals surface area contributed by atoms with E-state index in [-0.39, 0.29) is 18.4 Å². The summed E-state index contributed by atoms with van der Waals surface area (Å²) in [4.78, 5) is 31.0. The zero-order valence-corrected chi connectivity index (χ0v) is 15.0. The van der Waals surface area contributed by atoms with Crippen molar-refractivity contribution in [3.05, 3.63) is 52.0 Å². The highest BCUT2D eigenvalue weighted by atomic mass is 32.1. The molecule has 0 saturated carbocycles. The molecule has 2 unspecified atom stereocenters. The summed E-state index contributed by atoms with van der Waals surface area (Å²) in [5.41, 5.74) is 1.63. The maximum atomic E-state index is 12.9. The molecule has 1 amide bonds. The van der Waals surface area contributed by atoms with Gasteiger partial charge in [0, 0.05) is 24.0 Å². The van der Waals surface area contributed by atoms with Gasteiger partial charge < -0.3 is 10.0 Å². The molecule has 3 rings (SSSR count). The second kappa shape index (κ2) is 7.78. The molecule has 1 N–H and O–H groups in total. The molecule has 2 heterocycles. The van der Waals surface area contributed by atoms with Crippen molar-refractivity contribution >= 4 is 23.2 Å². The molecule has 132 valence electrons. The van der Waals surface area contributed by atoms with E-state index in [1.165, 1.54) is 0 Å². The zero-order chi connectivity index (χ0) is 17.8. The number of hydrogen-bond acceptors (Lipinski definition) is 4. The first kappa shape index (κ1) is 17.6. The summed E-state index contributed by atoms with van der Waals surface area (Å²) in [6, 6.07) is 8.96. The number of amides is 1. The summed E-state index contributed by atoms with van der Waals surface area (Å²) in [6.45, 7) is 2.62. The Balaban J connectivity index is 1.78. The minimum absolute atomic E-state index is 0.0137. The third-order valence-corrected chi connectivity index (χ3v) is 5.69. The first-order chi connectivity index (χ1) is 12.1. The predicted octanol–water partition coefficient (Wildman–Crippen LogP) is 3.76. The number of piperidine rings is 1. The zero-order valence-electron chi connectivity index (χ0n) is 14.2. The molecule has 1 fully saturated rings. The van der Waals surface area contributed by atoms with Crippen molar-refractivity contribution in [1.82, 2.24) is 9.88 Å². The minimum atomic E-state index is -0.960. The molecule has 1 aliphatic rings. The monoisotopic (exact) mass is 358 g/mol. The molecule has 1 aromatic carbocycles. The molecule has 0 radical (unpaired) electrons. The van der Waals surface area contributed by atoms with Crippen LogP contribution in [-0.4, -0.2) is 33.4 Å². The molecule has 1 aliphatic heterocycles. The van der Waals surface area contributed by atoms with E-state index in [9.17, 15) is 14.7 Å². The van der Waals surface area contributed by atoms with E-state index in [2.05, 4.69) is 4.98 Å². The van der Waals surface area contributed by atoms with Gasteiger partial charge in [-0.05, 0) is 31.7 Å². The number of carboxylic acids is 1. The lowest BCUT2D eigenvalue weighted by Crippen LogP contribution is -2.39. The van der Waals surface area contributed by atoms with Gasteiger partial charge in [0.05, 0.1) is 12.0 Å². The van der Waals surface area contributed by atoms with Crippen LogP contribution in [0.1, 0.15) is 53.9 Å². The number of aromatic nitrogens is 1. The van der Waals surface area contributed by atoms with Crippen LogP contribution in [0, 0.1) is 6.92 Å². The Bertz CT molecular complexity index is 744. The number of aliphatic carboxylic acids is 1. The van der Waals surface area contributed by atoms with Crippen molar-refractivity contribution in [2.45, 2.75) is 44.6 Å². The van der Waals surface area contributed by atoms with Crippen molar-refractivity contribution in [1.29, 1.82) is 0 Å². The minimum Gasteiger partial charge on any atom is -0.481 e. The van der Waals surface area contributed by atoms with Gasteiger partial charge in [-0.1, -0.05) is 30.3 Å². The maximum Gasteiger partial charge on any atom is 0.311 e. The molecular weight excluding hydrogens is 336 g/mol. The van der Waals surface area contributed by atoms with Crippen molar-refractivity contribution < 1.29 is 14.7 Å². The molecule has 0 spiro atoms. The van der Waals surface area contributed by atoms with E-state index in [0.717, 1.165) is 30.0 Å². The average molecular weight is 358 g/mol. The molecule has 5 nitrogen and oxygen atoms in total. The number of carbonyl (C=O) groups excluding carboxylic acids is 1. The Morgan fingerprint density at radius 1 is 1.32 bits per heavy atom. The molecule has 2 aromatic rings. The fourth-order valence-electron chi connectivity index (χ4n) is 3.34. The van der Waals surface area contributed by atoms with Crippen LogP contribution in [0.4, 0.5) is 0 Å². The van der Waals surface area contributed by atoms with Crippen LogP contribution in [0.2, 0.25) is 0 Å². The summed E-state index contributed by atoms with van der Waals surface area (Å²) >= 11 is 1.58. The normalized spacial score (nSPS) is 18.8. The lowest BCUT2D eigenvalue weighted by atomic mass is 9.94. The van der Waals surface area contributed by atoms with Crippen LogP contribution in [0.25, 0.3) is 0 Å². The van der Waals surface area contributed by atoms with E-state index in [0.29, 0.717) is 12.1 Å². The molecule has 2 atom stereocenters. The number of rotatable bonds is 5. The SMILES string of the molecule is Cc1csc(C2CCCCN2C(=O)CC(C(=O)O)c2ccccc2)n1. The summed E-state index contributed by atoms with van der Waals surface area (Å²) < 4.78 is 0. The van der Waals surface area contributed by atoms with Crippen LogP contribution in [0.3, 0.4) is 0 Å². The van der Waals surface area contributed by atoms with Crippen LogP contribution in [0.15, 0.2) is 35.7 Å². The highest BCUT2D eigenvalue weighted by molar-refractivity contribution is 7.09. The quantitative estimate of drug-likeness (QED) is 0.883. The largest absolute Gasteiger partial charge is 0.481 e. The number of aryl methyl sites for hydroxylation is 1. The highest BCUT2D eigenvalue weighted by Crippen LogP contribution is 2.34. The Morgan fingerprint density at radius 2 is 2.08 bits per heavy atom. The number of nitrogens with zero attached hydrogens (tertiary/aromatic N) is 2. The second-order valence-electron chi connectivity index (χ2n) is 6.43. The number of benzene rings is 1. The van der Waals surface area contributed by atoms with Gasteiger partial charge >= 0.3 is 5.97 Å². The van der Waals surface area contributed by atoms with Gasteiger partial charge in [0.25, 0.3) is 0 Å². The molecule has 25 heavy (non-hydrogen) atoms. The van der Waals surface area contributed by atoms with Gasteiger partial charge in [0.1, 0.15) is 5.01 Å². The van der Waals surface area contributed by atoms with Crippen LogP contribution in [0.5, 0.6) is 0 Å². The van der Waals surface area contributed by atoms with Crippen LogP contribution < -0.4 is 0 Å². The van der Waals surface area contributed by atoms with E-state index in [4.69, 9.17) is 0 Å².